The molecule has 1 amide bonds. The van der Waals surface area contributed by atoms with Crippen molar-refractivity contribution >= 4 is 23.1 Å². The fourth-order valence-corrected chi connectivity index (χ4v) is 3.19. The molecule has 0 saturated heterocycles. The maximum Gasteiger partial charge on any atom is 0.226 e. The molecule has 6 heteroatoms. The number of hydrogen-bond acceptors (Lipinski definition) is 4. The number of aromatic amines is 1. The van der Waals surface area contributed by atoms with Gasteiger partial charge in [-0.1, -0.05) is 20.8 Å². The molecule has 0 bridgehead atoms. The zero-order chi connectivity index (χ0) is 13.6. The average Bonchev–Trinajstić information content (AvgIpc) is 2.95. The number of amides is 1. The van der Waals surface area contributed by atoms with Gasteiger partial charge in [0.2, 0.25) is 5.91 Å². The molecular formula is C13H16N4OS. The maximum absolute atomic E-state index is 11.8. The Labute approximate surface area is 115 Å². The van der Waals surface area contributed by atoms with Crippen molar-refractivity contribution < 1.29 is 4.79 Å². The number of thiazole rings is 1. The van der Waals surface area contributed by atoms with Gasteiger partial charge in [-0.3, -0.25) is 9.89 Å². The van der Waals surface area contributed by atoms with Gasteiger partial charge in [0.1, 0.15) is 5.01 Å². The van der Waals surface area contributed by atoms with E-state index >= 15 is 0 Å². The summed E-state index contributed by atoms with van der Waals surface area (Å²) < 4.78 is 0. The third kappa shape index (κ3) is 2.06. The van der Waals surface area contributed by atoms with Crippen molar-refractivity contribution in [2.75, 3.05) is 5.32 Å². The van der Waals surface area contributed by atoms with Gasteiger partial charge in [0.05, 0.1) is 5.92 Å². The Hall–Kier alpha value is -1.69. The van der Waals surface area contributed by atoms with Gasteiger partial charge in [0, 0.05) is 34.7 Å². The molecule has 5 nitrogen and oxygen atoms in total. The summed E-state index contributed by atoms with van der Waals surface area (Å²) in [6.45, 7) is 6.41. The molecular weight excluding hydrogens is 260 g/mol. The van der Waals surface area contributed by atoms with Crippen LogP contribution in [-0.2, 0) is 10.2 Å². The SMILES string of the molecule is CC(C)(C)c1[nH]nc2c1C(c1nccs1)CC(=O)N2. The summed E-state index contributed by atoms with van der Waals surface area (Å²) in [5.74, 6) is 0.665. The third-order valence-electron chi connectivity index (χ3n) is 3.30. The number of carbonyl (C=O) groups excluding carboxylic acids is 1. The lowest BCUT2D eigenvalue weighted by Gasteiger charge is -2.25. The third-order valence-corrected chi connectivity index (χ3v) is 4.19. The minimum atomic E-state index is -0.0435. The molecule has 1 aliphatic rings. The van der Waals surface area contributed by atoms with Crippen molar-refractivity contribution in [1.29, 1.82) is 0 Å². The second kappa shape index (κ2) is 4.16. The number of nitrogens with zero attached hydrogens (tertiary/aromatic N) is 2. The predicted molar refractivity (Wildman–Crippen MR) is 74.5 cm³/mol. The lowest BCUT2D eigenvalue weighted by atomic mass is 9.83. The minimum Gasteiger partial charge on any atom is -0.309 e. The van der Waals surface area contributed by atoms with Crippen LogP contribution in [0.3, 0.4) is 0 Å². The van der Waals surface area contributed by atoms with Crippen LogP contribution in [-0.4, -0.2) is 21.1 Å². The standard InChI is InChI=1S/C13H16N4OS/c1-13(2,3)10-9-7(12-14-4-5-19-12)6-8(18)15-11(9)17-16-10/h4-5,7H,6H2,1-3H3,(H2,15,16,17,18). The molecule has 2 aromatic rings. The van der Waals surface area contributed by atoms with Gasteiger partial charge in [0.15, 0.2) is 5.82 Å². The van der Waals surface area contributed by atoms with Gasteiger partial charge in [-0.25, -0.2) is 4.98 Å². The first-order valence-corrected chi connectivity index (χ1v) is 7.13. The monoisotopic (exact) mass is 276 g/mol. The van der Waals surface area contributed by atoms with Crippen LogP contribution in [0.25, 0.3) is 0 Å². The van der Waals surface area contributed by atoms with E-state index < -0.39 is 0 Å². The van der Waals surface area contributed by atoms with Crippen molar-refractivity contribution in [3.8, 4) is 0 Å². The van der Waals surface area contributed by atoms with Gasteiger partial charge < -0.3 is 5.32 Å². The number of nitrogens with one attached hydrogen (secondary N) is 2. The van der Waals surface area contributed by atoms with Crippen LogP contribution in [0.15, 0.2) is 11.6 Å². The zero-order valence-corrected chi connectivity index (χ0v) is 12.0. The predicted octanol–water partition coefficient (Wildman–Crippen LogP) is 2.64. The summed E-state index contributed by atoms with van der Waals surface area (Å²) in [7, 11) is 0. The lowest BCUT2D eigenvalue weighted by Crippen LogP contribution is -2.25. The van der Waals surface area contributed by atoms with Crippen LogP contribution >= 0.6 is 11.3 Å². The van der Waals surface area contributed by atoms with Crippen LogP contribution in [0.2, 0.25) is 0 Å². The Morgan fingerprint density at radius 3 is 2.84 bits per heavy atom. The molecule has 0 aromatic carbocycles. The van der Waals surface area contributed by atoms with E-state index in [1.165, 1.54) is 0 Å². The molecule has 0 saturated carbocycles. The molecule has 1 aliphatic heterocycles. The summed E-state index contributed by atoms with van der Waals surface area (Å²) >= 11 is 1.59. The van der Waals surface area contributed by atoms with E-state index in [9.17, 15) is 4.79 Å². The van der Waals surface area contributed by atoms with E-state index in [0.717, 1.165) is 16.3 Å². The van der Waals surface area contributed by atoms with Crippen molar-refractivity contribution in [3.05, 3.63) is 27.8 Å². The van der Waals surface area contributed by atoms with Crippen LogP contribution < -0.4 is 5.32 Å². The molecule has 0 radical (unpaired) electrons. The average molecular weight is 276 g/mol. The number of anilines is 1. The minimum absolute atomic E-state index is 0.000316. The molecule has 2 N–H and O–H groups in total. The highest BCUT2D eigenvalue weighted by atomic mass is 32.1. The van der Waals surface area contributed by atoms with Crippen LogP contribution in [0.4, 0.5) is 5.82 Å². The molecule has 2 aromatic heterocycles. The van der Waals surface area contributed by atoms with Crippen molar-refractivity contribution in [3.63, 3.8) is 0 Å². The maximum atomic E-state index is 11.8. The fraction of sp³-hybridized carbons (Fsp3) is 0.462. The van der Waals surface area contributed by atoms with Crippen molar-refractivity contribution in [1.82, 2.24) is 15.2 Å². The number of carbonyl (C=O) groups is 1. The molecule has 3 heterocycles. The van der Waals surface area contributed by atoms with Crippen molar-refractivity contribution in [2.24, 2.45) is 0 Å². The molecule has 0 aliphatic carbocycles. The van der Waals surface area contributed by atoms with E-state index in [4.69, 9.17) is 0 Å². The Morgan fingerprint density at radius 2 is 2.21 bits per heavy atom. The highest BCUT2D eigenvalue weighted by Gasteiger charge is 2.36. The normalized spacial score (nSPS) is 19.1. The fourth-order valence-electron chi connectivity index (χ4n) is 2.44. The number of H-pyrrole nitrogens is 1. The van der Waals surface area contributed by atoms with E-state index in [1.807, 2.05) is 5.38 Å². The number of fused-ring (bicyclic) bond motifs is 1. The van der Waals surface area contributed by atoms with Gasteiger partial charge in [-0.2, -0.15) is 5.10 Å². The summed E-state index contributed by atoms with van der Waals surface area (Å²) in [6.07, 6.45) is 2.21. The van der Waals surface area contributed by atoms with Gasteiger partial charge in [-0.05, 0) is 0 Å². The topological polar surface area (TPSA) is 70.7 Å². The number of rotatable bonds is 1. The molecule has 0 spiro atoms. The number of hydrogen-bond donors (Lipinski definition) is 2. The summed E-state index contributed by atoms with van der Waals surface area (Å²) in [6, 6.07) is 0. The lowest BCUT2D eigenvalue weighted by molar-refractivity contribution is -0.116. The largest absolute Gasteiger partial charge is 0.309 e. The smallest absolute Gasteiger partial charge is 0.226 e. The number of aromatic nitrogens is 3. The first-order chi connectivity index (χ1) is 8.97. The highest BCUT2D eigenvalue weighted by Crippen LogP contribution is 2.42. The van der Waals surface area contributed by atoms with Crippen molar-refractivity contribution in [2.45, 2.75) is 38.5 Å². The summed E-state index contributed by atoms with van der Waals surface area (Å²) in [4.78, 5) is 16.2. The first kappa shape index (κ1) is 12.3. The first-order valence-electron chi connectivity index (χ1n) is 6.25. The Kier molecular flexibility index (Phi) is 2.70. The molecule has 0 fully saturated rings. The van der Waals surface area contributed by atoms with Crippen LogP contribution in [0.5, 0.6) is 0 Å². The van der Waals surface area contributed by atoms with Crippen LogP contribution in [0, 0.1) is 0 Å². The van der Waals surface area contributed by atoms with Crippen LogP contribution in [0.1, 0.15) is 49.4 Å². The second-order valence-electron chi connectivity index (χ2n) is 5.79. The van der Waals surface area contributed by atoms with Gasteiger partial charge >= 0.3 is 0 Å². The van der Waals surface area contributed by atoms with Gasteiger partial charge in [-0.15, -0.1) is 11.3 Å². The highest BCUT2D eigenvalue weighted by molar-refractivity contribution is 7.09. The molecule has 19 heavy (non-hydrogen) atoms. The quantitative estimate of drug-likeness (QED) is 0.841. The second-order valence-corrected chi connectivity index (χ2v) is 6.71. The molecule has 1 atom stereocenters. The van der Waals surface area contributed by atoms with Gasteiger partial charge in [0.25, 0.3) is 0 Å². The molecule has 3 rings (SSSR count). The van der Waals surface area contributed by atoms with E-state index in [-0.39, 0.29) is 17.2 Å². The van der Waals surface area contributed by atoms with E-state index in [2.05, 4.69) is 41.3 Å². The Balaban J connectivity index is 2.16. The van der Waals surface area contributed by atoms with E-state index in [1.54, 1.807) is 17.5 Å². The van der Waals surface area contributed by atoms with E-state index in [0.29, 0.717) is 12.2 Å². The Morgan fingerprint density at radius 1 is 1.42 bits per heavy atom. The summed E-state index contributed by atoms with van der Waals surface area (Å²) in [5, 5.41) is 13.1. The Bertz CT molecular complexity index is 609. The zero-order valence-electron chi connectivity index (χ0n) is 11.2. The molecule has 100 valence electrons. The molecule has 1 unspecified atom stereocenters. The summed E-state index contributed by atoms with van der Waals surface area (Å²) in [5.41, 5.74) is 2.11.